The van der Waals surface area contributed by atoms with Crippen molar-refractivity contribution in [2.45, 2.75) is 19.4 Å². The fraction of sp³-hybridized carbons (Fsp3) is 0.889. The minimum absolute atomic E-state index is 0.150. The fourth-order valence-electron chi connectivity index (χ4n) is 2.27. The largest absolute Gasteiger partial charge is 0.314 e. The molecule has 0 spiro atoms. The quantitative estimate of drug-likeness (QED) is 0.592. The van der Waals surface area contributed by atoms with E-state index in [0.717, 1.165) is 32.1 Å². The summed E-state index contributed by atoms with van der Waals surface area (Å²) in [6.45, 7) is 5.89. The van der Waals surface area contributed by atoms with Crippen LogP contribution in [0.2, 0.25) is 0 Å². The Morgan fingerprint density at radius 2 is 2.33 bits per heavy atom. The Morgan fingerprint density at radius 1 is 1.50 bits per heavy atom. The molecule has 68 valence electrons. The summed E-state index contributed by atoms with van der Waals surface area (Å²) in [5.74, 6) is 1.10. The lowest BCUT2D eigenvalue weighted by Crippen LogP contribution is -2.43. The molecule has 1 N–H and O–H groups in total. The summed E-state index contributed by atoms with van der Waals surface area (Å²) in [5, 5.41) is 3.35. The summed E-state index contributed by atoms with van der Waals surface area (Å²) < 4.78 is 0. The third-order valence-corrected chi connectivity index (χ3v) is 3.00. The number of fused-ring (bicyclic) bond motifs is 2. The molecule has 2 aliphatic heterocycles. The van der Waals surface area contributed by atoms with Crippen LogP contribution in [0.15, 0.2) is 0 Å². The standard InChI is InChI=1S/C9H16N2O/c1-7(12)9-5-10-4-8-2-3-11(9)6-8/h8-10H,2-6H2,1H3. The van der Waals surface area contributed by atoms with Gasteiger partial charge in [-0.05, 0) is 32.4 Å². The van der Waals surface area contributed by atoms with Gasteiger partial charge < -0.3 is 5.32 Å². The predicted octanol–water partition coefficient (Wildman–Crippen LogP) is -0.131. The SMILES string of the molecule is CC(=O)C1CNCC2CCN1C2. The number of rotatable bonds is 1. The van der Waals surface area contributed by atoms with Gasteiger partial charge in [-0.2, -0.15) is 0 Å². The number of carbonyl (C=O) groups excluding carboxylic acids is 1. The molecule has 2 aliphatic rings. The van der Waals surface area contributed by atoms with Gasteiger partial charge in [0.15, 0.2) is 0 Å². The monoisotopic (exact) mass is 168 g/mol. The van der Waals surface area contributed by atoms with E-state index in [1.165, 1.54) is 6.42 Å². The van der Waals surface area contributed by atoms with Crippen LogP contribution in [-0.2, 0) is 4.79 Å². The van der Waals surface area contributed by atoms with E-state index in [1.807, 2.05) is 0 Å². The molecule has 3 atom stereocenters. The van der Waals surface area contributed by atoms with Gasteiger partial charge in [-0.15, -0.1) is 0 Å². The average Bonchev–Trinajstić information content (AvgIpc) is 2.30. The lowest BCUT2D eigenvalue weighted by atomic mass is 10.1. The zero-order valence-corrected chi connectivity index (χ0v) is 7.55. The van der Waals surface area contributed by atoms with Gasteiger partial charge in [0, 0.05) is 13.1 Å². The summed E-state index contributed by atoms with van der Waals surface area (Å²) >= 11 is 0. The highest BCUT2D eigenvalue weighted by molar-refractivity contribution is 5.81. The molecular weight excluding hydrogens is 152 g/mol. The fourth-order valence-corrected chi connectivity index (χ4v) is 2.27. The molecule has 3 unspecified atom stereocenters. The van der Waals surface area contributed by atoms with E-state index in [2.05, 4.69) is 10.2 Å². The summed E-state index contributed by atoms with van der Waals surface area (Å²) in [6.07, 6.45) is 1.26. The third kappa shape index (κ3) is 1.39. The molecule has 2 bridgehead atoms. The number of nitrogens with zero attached hydrogens (tertiary/aromatic N) is 1. The molecule has 2 heterocycles. The topological polar surface area (TPSA) is 32.3 Å². The second-order valence-electron chi connectivity index (χ2n) is 3.93. The Bertz CT molecular complexity index is 193. The Labute approximate surface area is 73.1 Å². The first-order valence-electron chi connectivity index (χ1n) is 4.72. The van der Waals surface area contributed by atoms with Crippen LogP contribution in [0.1, 0.15) is 13.3 Å². The van der Waals surface area contributed by atoms with E-state index in [0.29, 0.717) is 5.78 Å². The molecule has 3 heteroatoms. The highest BCUT2D eigenvalue weighted by Crippen LogP contribution is 2.20. The van der Waals surface area contributed by atoms with Crippen LogP contribution in [0, 0.1) is 5.92 Å². The molecule has 3 nitrogen and oxygen atoms in total. The third-order valence-electron chi connectivity index (χ3n) is 3.00. The second-order valence-corrected chi connectivity index (χ2v) is 3.93. The molecular formula is C9H16N2O. The molecule has 0 aliphatic carbocycles. The van der Waals surface area contributed by atoms with Crippen LogP contribution >= 0.6 is 0 Å². The molecule has 12 heavy (non-hydrogen) atoms. The van der Waals surface area contributed by atoms with E-state index in [4.69, 9.17) is 0 Å². The van der Waals surface area contributed by atoms with E-state index in [9.17, 15) is 4.79 Å². The van der Waals surface area contributed by atoms with E-state index >= 15 is 0 Å². The smallest absolute Gasteiger partial charge is 0.148 e. The van der Waals surface area contributed by atoms with Crippen molar-refractivity contribution >= 4 is 5.78 Å². The summed E-state index contributed by atoms with van der Waals surface area (Å²) in [5.41, 5.74) is 0. The summed E-state index contributed by atoms with van der Waals surface area (Å²) in [4.78, 5) is 13.6. The maximum Gasteiger partial charge on any atom is 0.148 e. The van der Waals surface area contributed by atoms with Crippen molar-refractivity contribution in [1.82, 2.24) is 10.2 Å². The molecule has 0 saturated carbocycles. The van der Waals surface area contributed by atoms with Gasteiger partial charge in [0.2, 0.25) is 0 Å². The van der Waals surface area contributed by atoms with Crippen LogP contribution in [0.3, 0.4) is 0 Å². The zero-order valence-electron chi connectivity index (χ0n) is 7.55. The van der Waals surface area contributed by atoms with E-state index < -0.39 is 0 Å². The number of carbonyl (C=O) groups is 1. The first-order valence-corrected chi connectivity index (χ1v) is 4.72. The molecule has 2 fully saturated rings. The van der Waals surface area contributed by atoms with Gasteiger partial charge >= 0.3 is 0 Å². The normalized spacial score (nSPS) is 40.9. The van der Waals surface area contributed by atoms with Crippen molar-refractivity contribution in [2.75, 3.05) is 26.2 Å². The number of ketones is 1. The van der Waals surface area contributed by atoms with Gasteiger partial charge in [-0.1, -0.05) is 0 Å². The lowest BCUT2D eigenvalue weighted by Gasteiger charge is -2.23. The van der Waals surface area contributed by atoms with Gasteiger partial charge in [0.1, 0.15) is 5.78 Å². The minimum atomic E-state index is 0.150. The second kappa shape index (κ2) is 3.15. The molecule has 0 radical (unpaired) electrons. The van der Waals surface area contributed by atoms with Gasteiger partial charge in [-0.25, -0.2) is 0 Å². The lowest BCUT2D eigenvalue weighted by molar-refractivity contribution is -0.121. The van der Waals surface area contributed by atoms with Crippen LogP contribution in [0.5, 0.6) is 0 Å². The molecule has 0 amide bonds. The number of nitrogens with one attached hydrogen (secondary N) is 1. The maximum absolute atomic E-state index is 11.3. The van der Waals surface area contributed by atoms with E-state index in [1.54, 1.807) is 6.92 Å². The van der Waals surface area contributed by atoms with Gasteiger partial charge in [0.05, 0.1) is 6.04 Å². The predicted molar refractivity (Wildman–Crippen MR) is 47.0 cm³/mol. The Morgan fingerprint density at radius 3 is 3.08 bits per heavy atom. The highest BCUT2D eigenvalue weighted by atomic mass is 16.1. The molecule has 2 rings (SSSR count). The van der Waals surface area contributed by atoms with Crippen LogP contribution in [-0.4, -0.2) is 42.9 Å². The van der Waals surface area contributed by atoms with Crippen molar-refractivity contribution in [3.63, 3.8) is 0 Å². The Kier molecular flexibility index (Phi) is 2.15. The van der Waals surface area contributed by atoms with Crippen LogP contribution in [0.25, 0.3) is 0 Å². The van der Waals surface area contributed by atoms with E-state index in [-0.39, 0.29) is 6.04 Å². The molecule has 0 aromatic heterocycles. The Balaban J connectivity index is 2.08. The molecule has 2 saturated heterocycles. The first kappa shape index (κ1) is 8.20. The van der Waals surface area contributed by atoms with Crippen LogP contribution < -0.4 is 5.32 Å². The Hall–Kier alpha value is -0.410. The number of Topliss-reactive ketones (excluding diaryl/α,β-unsaturated/α-hetero) is 1. The van der Waals surface area contributed by atoms with Crippen molar-refractivity contribution in [1.29, 1.82) is 0 Å². The number of hydrogen-bond acceptors (Lipinski definition) is 3. The van der Waals surface area contributed by atoms with Gasteiger partial charge in [-0.3, -0.25) is 9.69 Å². The maximum atomic E-state index is 11.3. The summed E-state index contributed by atoms with van der Waals surface area (Å²) in [7, 11) is 0. The van der Waals surface area contributed by atoms with Gasteiger partial charge in [0.25, 0.3) is 0 Å². The molecule has 0 aromatic carbocycles. The van der Waals surface area contributed by atoms with Crippen molar-refractivity contribution in [3.05, 3.63) is 0 Å². The molecule has 0 aromatic rings. The van der Waals surface area contributed by atoms with Crippen molar-refractivity contribution < 1.29 is 4.79 Å². The van der Waals surface area contributed by atoms with Crippen molar-refractivity contribution in [2.24, 2.45) is 5.92 Å². The average molecular weight is 168 g/mol. The highest BCUT2D eigenvalue weighted by Gasteiger charge is 2.32. The number of hydrogen-bond donors (Lipinski definition) is 1. The van der Waals surface area contributed by atoms with Crippen molar-refractivity contribution in [3.8, 4) is 0 Å². The minimum Gasteiger partial charge on any atom is -0.314 e. The zero-order chi connectivity index (χ0) is 8.55. The first-order chi connectivity index (χ1) is 5.77. The van der Waals surface area contributed by atoms with Crippen LogP contribution in [0.4, 0.5) is 0 Å². The summed E-state index contributed by atoms with van der Waals surface area (Å²) in [6, 6.07) is 0.150.